The molecule has 0 bridgehead atoms. The van der Waals surface area contributed by atoms with Gasteiger partial charge in [-0.25, -0.2) is 0 Å². The van der Waals surface area contributed by atoms with Crippen molar-refractivity contribution in [3.05, 3.63) is 29.3 Å². The lowest BCUT2D eigenvalue weighted by atomic mass is 10.1. The van der Waals surface area contributed by atoms with Crippen LogP contribution >= 0.6 is 12.2 Å². The van der Waals surface area contributed by atoms with E-state index in [0.29, 0.717) is 18.9 Å². The van der Waals surface area contributed by atoms with Crippen molar-refractivity contribution in [1.29, 1.82) is 0 Å². The van der Waals surface area contributed by atoms with E-state index in [1.165, 1.54) is 12.1 Å². The molecule has 7 heteroatoms. The average molecular weight is 292 g/mol. The number of ether oxygens (including phenoxy) is 1. The summed E-state index contributed by atoms with van der Waals surface area (Å²) in [6.45, 7) is 1.03. The summed E-state index contributed by atoms with van der Waals surface area (Å²) < 4.78 is 43.6. The lowest BCUT2D eigenvalue weighted by Crippen LogP contribution is -2.20. The highest BCUT2D eigenvalue weighted by Crippen LogP contribution is 2.33. The van der Waals surface area contributed by atoms with E-state index >= 15 is 0 Å². The molecule has 0 radical (unpaired) electrons. The summed E-state index contributed by atoms with van der Waals surface area (Å²) in [6, 6.07) is 3.42. The Morgan fingerprint density at radius 2 is 2.00 bits per heavy atom. The van der Waals surface area contributed by atoms with Gasteiger partial charge in [0, 0.05) is 12.1 Å². The summed E-state index contributed by atoms with van der Waals surface area (Å²) in [6.07, 6.45) is -4.49. The van der Waals surface area contributed by atoms with Gasteiger partial charge < -0.3 is 15.4 Å². The summed E-state index contributed by atoms with van der Waals surface area (Å²) in [4.78, 5) is 1.60. The van der Waals surface area contributed by atoms with Gasteiger partial charge in [-0.05, 0) is 32.3 Å². The fraction of sp³-hybridized carbons (Fsp3) is 0.417. The first-order valence-corrected chi connectivity index (χ1v) is 5.91. The Bertz CT molecular complexity index is 461. The Morgan fingerprint density at radius 3 is 2.47 bits per heavy atom. The van der Waals surface area contributed by atoms with E-state index < -0.39 is 11.7 Å². The third kappa shape index (κ3) is 4.68. The number of hydrogen-bond donors (Lipinski definition) is 1. The number of benzene rings is 1. The van der Waals surface area contributed by atoms with Crippen LogP contribution < -0.4 is 10.5 Å². The minimum absolute atomic E-state index is 0.218. The summed E-state index contributed by atoms with van der Waals surface area (Å²) in [5.41, 5.74) is 4.26. The van der Waals surface area contributed by atoms with E-state index in [1.807, 2.05) is 19.0 Å². The predicted octanol–water partition coefficient (Wildman–Crippen LogP) is 2.28. The molecule has 1 aromatic carbocycles. The maximum absolute atomic E-state index is 12.7. The summed E-state index contributed by atoms with van der Waals surface area (Å²) >= 11 is 4.65. The maximum Gasteiger partial charge on any atom is 0.417 e. The smallest absolute Gasteiger partial charge is 0.417 e. The third-order valence-corrected chi connectivity index (χ3v) is 2.59. The lowest BCUT2D eigenvalue weighted by Gasteiger charge is -2.15. The van der Waals surface area contributed by atoms with Crippen molar-refractivity contribution in [2.24, 2.45) is 5.73 Å². The molecule has 0 fully saturated rings. The van der Waals surface area contributed by atoms with Gasteiger partial charge in [-0.1, -0.05) is 12.2 Å². The third-order valence-electron chi connectivity index (χ3n) is 2.37. The van der Waals surface area contributed by atoms with Gasteiger partial charge in [0.2, 0.25) is 0 Å². The van der Waals surface area contributed by atoms with Crippen LogP contribution in [0.3, 0.4) is 0 Å². The van der Waals surface area contributed by atoms with Crippen LogP contribution in [0.25, 0.3) is 0 Å². The van der Waals surface area contributed by atoms with Crippen molar-refractivity contribution >= 4 is 17.2 Å². The van der Waals surface area contributed by atoms with Crippen molar-refractivity contribution in [3.63, 3.8) is 0 Å². The predicted molar refractivity (Wildman–Crippen MR) is 71.4 cm³/mol. The topological polar surface area (TPSA) is 38.5 Å². The zero-order valence-corrected chi connectivity index (χ0v) is 11.4. The van der Waals surface area contributed by atoms with Crippen LogP contribution in [0.1, 0.15) is 11.1 Å². The molecule has 2 N–H and O–H groups in total. The van der Waals surface area contributed by atoms with E-state index in [9.17, 15) is 13.2 Å². The molecule has 0 aliphatic heterocycles. The first-order valence-electron chi connectivity index (χ1n) is 5.50. The first kappa shape index (κ1) is 15.7. The zero-order valence-electron chi connectivity index (χ0n) is 10.6. The van der Waals surface area contributed by atoms with Crippen molar-refractivity contribution in [1.82, 2.24) is 4.90 Å². The van der Waals surface area contributed by atoms with Gasteiger partial charge in [-0.3, -0.25) is 0 Å². The molecular formula is C12H15F3N2OS. The maximum atomic E-state index is 12.7. The molecule has 0 aromatic heterocycles. The molecule has 106 valence electrons. The summed E-state index contributed by atoms with van der Waals surface area (Å²) in [5, 5.41) is 0. The Hall–Kier alpha value is -1.34. The minimum atomic E-state index is -4.49. The average Bonchev–Trinajstić information content (AvgIpc) is 2.26. The summed E-state index contributed by atoms with van der Waals surface area (Å²) in [5.74, 6) is 0.317. The highest BCUT2D eigenvalue weighted by atomic mass is 32.1. The molecule has 0 atom stereocenters. The molecule has 0 amide bonds. The molecule has 3 nitrogen and oxygen atoms in total. The lowest BCUT2D eigenvalue weighted by molar-refractivity contribution is -0.137. The van der Waals surface area contributed by atoms with Crippen molar-refractivity contribution in [3.8, 4) is 5.75 Å². The molecule has 0 spiro atoms. The largest absolute Gasteiger partial charge is 0.492 e. The second-order valence-corrected chi connectivity index (χ2v) is 4.66. The number of hydrogen-bond acceptors (Lipinski definition) is 3. The number of alkyl halides is 3. The Balaban J connectivity index is 2.94. The van der Waals surface area contributed by atoms with Gasteiger partial charge in [0.05, 0.1) is 5.56 Å². The standard InChI is InChI=1S/C12H15F3N2OS/c1-17(2)5-6-18-8-3-4-10(12(13,14)15)9(7-8)11(16)19/h3-4,7H,5-6H2,1-2H3,(H2,16,19). The van der Waals surface area contributed by atoms with Gasteiger partial charge in [0.1, 0.15) is 17.3 Å². The van der Waals surface area contributed by atoms with Gasteiger partial charge >= 0.3 is 6.18 Å². The van der Waals surface area contributed by atoms with Crippen molar-refractivity contribution in [2.45, 2.75) is 6.18 Å². The molecule has 19 heavy (non-hydrogen) atoms. The molecule has 0 aliphatic carbocycles. The molecule has 0 unspecified atom stereocenters. The quantitative estimate of drug-likeness (QED) is 0.845. The van der Waals surface area contributed by atoms with Crippen LogP contribution in [0.5, 0.6) is 5.75 Å². The monoisotopic (exact) mass is 292 g/mol. The van der Waals surface area contributed by atoms with E-state index in [0.717, 1.165) is 6.07 Å². The minimum Gasteiger partial charge on any atom is -0.492 e. The molecule has 0 aliphatic rings. The molecule has 1 rings (SSSR count). The van der Waals surface area contributed by atoms with Crippen LogP contribution in [-0.2, 0) is 6.18 Å². The Morgan fingerprint density at radius 1 is 1.37 bits per heavy atom. The first-order chi connectivity index (χ1) is 8.71. The van der Waals surface area contributed by atoms with Crippen LogP contribution in [0.2, 0.25) is 0 Å². The van der Waals surface area contributed by atoms with E-state index in [2.05, 4.69) is 12.2 Å². The molecule has 0 heterocycles. The normalized spacial score (nSPS) is 11.7. The molecular weight excluding hydrogens is 277 g/mol. The number of rotatable bonds is 5. The molecule has 1 aromatic rings. The Kier molecular flexibility index (Phi) is 5.13. The van der Waals surface area contributed by atoms with E-state index in [4.69, 9.17) is 10.5 Å². The molecule has 0 saturated heterocycles. The number of nitrogens with zero attached hydrogens (tertiary/aromatic N) is 1. The zero-order chi connectivity index (χ0) is 14.6. The van der Waals surface area contributed by atoms with Crippen molar-refractivity contribution < 1.29 is 17.9 Å². The SMILES string of the molecule is CN(C)CCOc1ccc(C(F)(F)F)c(C(N)=S)c1. The van der Waals surface area contributed by atoms with E-state index in [1.54, 1.807) is 0 Å². The second kappa shape index (κ2) is 6.21. The van der Waals surface area contributed by atoms with Crippen LogP contribution in [0.15, 0.2) is 18.2 Å². The van der Waals surface area contributed by atoms with Gasteiger partial charge in [0.15, 0.2) is 0 Å². The van der Waals surface area contributed by atoms with Gasteiger partial charge in [-0.15, -0.1) is 0 Å². The van der Waals surface area contributed by atoms with Crippen LogP contribution in [0.4, 0.5) is 13.2 Å². The highest BCUT2D eigenvalue weighted by molar-refractivity contribution is 7.80. The summed E-state index contributed by atoms with van der Waals surface area (Å²) in [7, 11) is 3.74. The van der Waals surface area contributed by atoms with Gasteiger partial charge in [0.25, 0.3) is 0 Å². The highest BCUT2D eigenvalue weighted by Gasteiger charge is 2.34. The van der Waals surface area contributed by atoms with Crippen LogP contribution in [-0.4, -0.2) is 37.1 Å². The number of thiocarbonyl (C=S) groups is 1. The molecule has 0 saturated carbocycles. The number of likely N-dealkylation sites (N-methyl/N-ethyl adjacent to an activating group) is 1. The number of nitrogens with two attached hydrogens (primary N) is 1. The fourth-order valence-electron chi connectivity index (χ4n) is 1.41. The number of halogens is 3. The van der Waals surface area contributed by atoms with Crippen molar-refractivity contribution in [2.75, 3.05) is 27.2 Å². The second-order valence-electron chi connectivity index (χ2n) is 4.22. The fourth-order valence-corrected chi connectivity index (χ4v) is 1.58. The van der Waals surface area contributed by atoms with E-state index in [-0.39, 0.29) is 10.6 Å². The Labute approximate surface area is 115 Å². The van der Waals surface area contributed by atoms with Gasteiger partial charge in [-0.2, -0.15) is 13.2 Å². The van der Waals surface area contributed by atoms with Crippen LogP contribution in [0, 0.1) is 0 Å².